The molecule has 1 aliphatic rings. The van der Waals surface area contributed by atoms with Crippen LogP contribution in [0.4, 0.5) is 5.82 Å². The number of aromatic nitrogens is 1. The Hall–Kier alpha value is -3.07. The highest BCUT2D eigenvalue weighted by molar-refractivity contribution is 5.79. The molecule has 6 nitrogen and oxygen atoms in total. The summed E-state index contributed by atoms with van der Waals surface area (Å²) in [6, 6.07) is 13.3. The average Bonchev–Trinajstić information content (AvgIpc) is 2.68. The van der Waals surface area contributed by atoms with Crippen molar-refractivity contribution in [1.82, 2.24) is 9.88 Å². The summed E-state index contributed by atoms with van der Waals surface area (Å²) in [4.78, 5) is 20.8. The minimum Gasteiger partial charge on any atom is -0.496 e. The summed E-state index contributed by atoms with van der Waals surface area (Å²) in [6.07, 6.45) is 2.02. The molecule has 0 atom stereocenters. The topological polar surface area (TPSA) is 69.5 Å². The van der Waals surface area contributed by atoms with Crippen molar-refractivity contribution in [3.05, 3.63) is 53.7 Å². The van der Waals surface area contributed by atoms with E-state index in [-0.39, 0.29) is 5.91 Å². The molecule has 1 aromatic heterocycles. The molecular formula is C19H20N4O2. The summed E-state index contributed by atoms with van der Waals surface area (Å²) < 4.78 is 5.32. The number of nitriles is 1. The summed E-state index contributed by atoms with van der Waals surface area (Å²) >= 11 is 0. The number of carbonyl (C=O) groups is 1. The number of para-hydroxylation sites is 1. The lowest BCUT2D eigenvalue weighted by Gasteiger charge is -2.35. The molecule has 2 aromatic rings. The Morgan fingerprint density at radius 3 is 2.68 bits per heavy atom. The van der Waals surface area contributed by atoms with Crippen LogP contribution in [0.3, 0.4) is 0 Å². The average molecular weight is 336 g/mol. The van der Waals surface area contributed by atoms with E-state index in [4.69, 9.17) is 4.74 Å². The highest BCUT2D eigenvalue weighted by Crippen LogP contribution is 2.21. The number of pyridine rings is 1. The molecule has 0 unspecified atom stereocenters. The molecule has 0 N–H and O–H groups in total. The second kappa shape index (κ2) is 7.67. The van der Waals surface area contributed by atoms with Crippen molar-refractivity contribution >= 4 is 11.7 Å². The quantitative estimate of drug-likeness (QED) is 0.852. The smallest absolute Gasteiger partial charge is 0.227 e. The van der Waals surface area contributed by atoms with E-state index in [0.29, 0.717) is 44.0 Å². The molecule has 1 aromatic carbocycles. The Morgan fingerprint density at radius 1 is 1.20 bits per heavy atom. The molecule has 25 heavy (non-hydrogen) atoms. The number of amides is 1. The second-order valence-electron chi connectivity index (χ2n) is 5.84. The molecule has 0 radical (unpaired) electrons. The first kappa shape index (κ1) is 16.8. The molecule has 1 fully saturated rings. The van der Waals surface area contributed by atoms with Gasteiger partial charge >= 0.3 is 0 Å². The van der Waals surface area contributed by atoms with Gasteiger partial charge in [0.1, 0.15) is 17.6 Å². The van der Waals surface area contributed by atoms with Crippen LogP contribution in [0.2, 0.25) is 0 Å². The molecule has 1 amide bonds. The Bertz CT molecular complexity index is 792. The molecule has 1 aliphatic heterocycles. The predicted octanol–water partition coefficient (Wildman–Crippen LogP) is 1.85. The number of rotatable bonds is 4. The van der Waals surface area contributed by atoms with Gasteiger partial charge < -0.3 is 14.5 Å². The van der Waals surface area contributed by atoms with Gasteiger partial charge in [-0.3, -0.25) is 4.79 Å². The minimum absolute atomic E-state index is 0.0886. The van der Waals surface area contributed by atoms with Crippen molar-refractivity contribution in [2.75, 3.05) is 38.2 Å². The molecule has 128 valence electrons. The maximum atomic E-state index is 12.6. The number of methoxy groups -OCH3 is 1. The number of anilines is 1. The third-order valence-corrected chi connectivity index (χ3v) is 4.37. The Kier molecular flexibility index (Phi) is 5.14. The van der Waals surface area contributed by atoms with Crippen molar-refractivity contribution in [2.24, 2.45) is 0 Å². The fourth-order valence-electron chi connectivity index (χ4n) is 3.03. The van der Waals surface area contributed by atoms with Crippen LogP contribution < -0.4 is 9.64 Å². The fourth-order valence-corrected chi connectivity index (χ4v) is 3.03. The van der Waals surface area contributed by atoms with Crippen LogP contribution in [-0.2, 0) is 11.2 Å². The molecule has 2 heterocycles. The maximum absolute atomic E-state index is 12.6. The maximum Gasteiger partial charge on any atom is 0.227 e. The van der Waals surface area contributed by atoms with Crippen LogP contribution in [0.1, 0.15) is 11.1 Å². The number of benzene rings is 1. The third kappa shape index (κ3) is 3.72. The third-order valence-electron chi connectivity index (χ3n) is 4.37. The zero-order valence-electron chi connectivity index (χ0n) is 14.2. The van der Waals surface area contributed by atoms with Crippen LogP contribution in [0.15, 0.2) is 42.6 Å². The van der Waals surface area contributed by atoms with Crippen molar-refractivity contribution in [3.63, 3.8) is 0 Å². The fraction of sp³-hybridized carbons (Fsp3) is 0.316. The Labute approximate surface area is 147 Å². The number of carbonyl (C=O) groups excluding carboxylic acids is 1. The van der Waals surface area contributed by atoms with Gasteiger partial charge in [-0.2, -0.15) is 5.26 Å². The van der Waals surface area contributed by atoms with Gasteiger partial charge in [0.2, 0.25) is 5.91 Å². The van der Waals surface area contributed by atoms with Crippen LogP contribution in [0.25, 0.3) is 0 Å². The van der Waals surface area contributed by atoms with E-state index >= 15 is 0 Å². The van der Waals surface area contributed by atoms with E-state index in [1.54, 1.807) is 25.4 Å². The van der Waals surface area contributed by atoms with E-state index in [0.717, 1.165) is 11.3 Å². The first-order valence-electron chi connectivity index (χ1n) is 8.22. The zero-order valence-corrected chi connectivity index (χ0v) is 14.2. The van der Waals surface area contributed by atoms with Crippen LogP contribution >= 0.6 is 0 Å². The number of hydrogen-bond acceptors (Lipinski definition) is 5. The summed E-state index contributed by atoms with van der Waals surface area (Å²) in [6.45, 7) is 2.58. The van der Waals surface area contributed by atoms with Crippen LogP contribution in [0, 0.1) is 11.3 Å². The van der Waals surface area contributed by atoms with Gasteiger partial charge in [0.05, 0.1) is 19.1 Å². The standard InChI is InChI=1S/C19H20N4O2/c1-25-17-7-3-2-5-15(17)13-18(24)22-9-11-23(12-10-22)19-16(14-20)6-4-8-21-19/h2-8H,9-13H2,1H3. The molecule has 0 spiro atoms. The highest BCUT2D eigenvalue weighted by atomic mass is 16.5. The van der Waals surface area contributed by atoms with Gasteiger partial charge in [-0.15, -0.1) is 0 Å². The van der Waals surface area contributed by atoms with Gasteiger partial charge in [-0.1, -0.05) is 18.2 Å². The molecule has 0 aliphatic carbocycles. The monoisotopic (exact) mass is 336 g/mol. The van der Waals surface area contributed by atoms with Crippen LogP contribution in [-0.4, -0.2) is 49.1 Å². The van der Waals surface area contributed by atoms with Crippen molar-refractivity contribution in [2.45, 2.75) is 6.42 Å². The van der Waals surface area contributed by atoms with Gasteiger partial charge in [0, 0.05) is 37.9 Å². The summed E-state index contributed by atoms with van der Waals surface area (Å²) in [5.74, 6) is 1.52. The number of piperazine rings is 1. The van der Waals surface area contributed by atoms with Gasteiger partial charge in [-0.25, -0.2) is 4.98 Å². The lowest BCUT2D eigenvalue weighted by molar-refractivity contribution is -0.130. The van der Waals surface area contributed by atoms with E-state index in [1.807, 2.05) is 29.2 Å². The Morgan fingerprint density at radius 2 is 1.96 bits per heavy atom. The molecule has 1 saturated heterocycles. The zero-order chi connectivity index (χ0) is 17.6. The summed E-state index contributed by atoms with van der Waals surface area (Å²) in [5.41, 5.74) is 1.46. The molecule has 0 saturated carbocycles. The number of nitrogens with zero attached hydrogens (tertiary/aromatic N) is 4. The molecular weight excluding hydrogens is 316 g/mol. The van der Waals surface area contributed by atoms with Crippen molar-refractivity contribution in [3.8, 4) is 11.8 Å². The predicted molar refractivity (Wildman–Crippen MR) is 94.4 cm³/mol. The Balaban J connectivity index is 1.62. The summed E-state index contributed by atoms with van der Waals surface area (Å²) in [5, 5.41) is 9.21. The second-order valence-corrected chi connectivity index (χ2v) is 5.84. The van der Waals surface area contributed by atoms with E-state index < -0.39 is 0 Å². The van der Waals surface area contributed by atoms with Crippen LogP contribution in [0.5, 0.6) is 5.75 Å². The first-order valence-corrected chi connectivity index (χ1v) is 8.22. The van der Waals surface area contributed by atoms with Gasteiger partial charge in [-0.05, 0) is 18.2 Å². The van der Waals surface area contributed by atoms with E-state index in [9.17, 15) is 10.1 Å². The first-order chi connectivity index (χ1) is 12.2. The van der Waals surface area contributed by atoms with E-state index in [1.165, 1.54) is 0 Å². The van der Waals surface area contributed by atoms with E-state index in [2.05, 4.69) is 16.0 Å². The molecule has 0 bridgehead atoms. The SMILES string of the molecule is COc1ccccc1CC(=O)N1CCN(c2ncccc2C#N)CC1. The molecule has 6 heteroatoms. The largest absolute Gasteiger partial charge is 0.496 e. The summed E-state index contributed by atoms with van der Waals surface area (Å²) in [7, 11) is 1.61. The normalized spacial score (nSPS) is 14.1. The molecule has 3 rings (SSSR count). The highest BCUT2D eigenvalue weighted by Gasteiger charge is 2.23. The number of ether oxygens (including phenoxy) is 1. The van der Waals surface area contributed by atoms with Gasteiger partial charge in [0.15, 0.2) is 0 Å². The van der Waals surface area contributed by atoms with Crippen molar-refractivity contribution in [1.29, 1.82) is 5.26 Å². The lowest BCUT2D eigenvalue weighted by Crippen LogP contribution is -2.49. The lowest BCUT2D eigenvalue weighted by atomic mass is 10.1. The minimum atomic E-state index is 0.0886. The van der Waals surface area contributed by atoms with Crippen molar-refractivity contribution < 1.29 is 9.53 Å². The number of hydrogen-bond donors (Lipinski definition) is 0. The van der Waals surface area contributed by atoms with Gasteiger partial charge in [0.25, 0.3) is 0 Å².